The number of hydrogen-bond donors (Lipinski definition) is 1. The summed E-state index contributed by atoms with van der Waals surface area (Å²) in [5.41, 5.74) is 0.900. The molecule has 2 aromatic rings. The number of rotatable bonds is 4. The van der Waals surface area contributed by atoms with Crippen molar-refractivity contribution in [1.29, 1.82) is 0 Å². The summed E-state index contributed by atoms with van der Waals surface area (Å²) in [6.45, 7) is 2.00. The van der Waals surface area contributed by atoms with E-state index in [4.69, 9.17) is 39.5 Å². The summed E-state index contributed by atoms with van der Waals surface area (Å²) in [5.74, 6) is -1.55. The van der Waals surface area contributed by atoms with Gasteiger partial charge in [0, 0.05) is 29.4 Å². The van der Waals surface area contributed by atoms with Crippen molar-refractivity contribution in [3.05, 3.63) is 68.8 Å². The van der Waals surface area contributed by atoms with Gasteiger partial charge in [0.1, 0.15) is 10.7 Å². The number of carbonyl (C=O) groups is 3. The molecule has 0 aromatic heterocycles. The maximum Gasteiger partial charge on any atom is 0.283 e. The molecule has 0 aliphatic carbocycles. The quantitative estimate of drug-likeness (QED) is 0.672. The first kappa shape index (κ1) is 21.6. The van der Waals surface area contributed by atoms with Gasteiger partial charge in [-0.1, -0.05) is 40.9 Å². The van der Waals surface area contributed by atoms with Crippen molar-refractivity contribution in [2.75, 3.05) is 36.5 Å². The van der Waals surface area contributed by atoms with E-state index in [-0.39, 0.29) is 27.3 Å². The summed E-state index contributed by atoms with van der Waals surface area (Å²) in [4.78, 5) is 40.9. The highest BCUT2D eigenvalue weighted by Crippen LogP contribution is 2.35. The third kappa shape index (κ3) is 4.27. The molecule has 0 saturated carbocycles. The van der Waals surface area contributed by atoms with E-state index < -0.39 is 11.8 Å². The fraction of sp³-hybridized carbons (Fsp3) is 0.190. The van der Waals surface area contributed by atoms with Gasteiger partial charge in [-0.3, -0.25) is 14.4 Å². The standard InChI is InChI=1S/C21H16Cl3N3O4/c22-13-4-5-15(23)16(11-13)27-20(29)17(24)18(21(27)30)25-14-3-1-2-12(10-14)19(28)26-6-8-31-9-7-26/h1-5,10-11,25H,6-9H2. The van der Waals surface area contributed by atoms with Gasteiger partial charge in [0.25, 0.3) is 17.7 Å². The second-order valence-corrected chi connectivity index (χ2v) is 8.06. The summed E-state index contributed by atoms with van der Waals surface area (Å²) in [6.07, 6.45) is 0. The van der Waals surface area contributed by atoms with Crippen LogP contribution < -0.4 is 10.2 Å². The summed E-state index contributed by atoms with van der Waals surface area (Å²) >= 11 is 18.3. The molecule has 0 bridgehead atoms. The molecule has 0 unspecified atom stereocenters. The molecule has 2 aliphatic rings. The minimum atomic E-state index is -0.723. The molecular weight excluding hydrogens is 465 g/mol. The number of benzene rings is 2. The smallest absolute Gasteiger partial charge is 0.283 e. The number of halogens is 3. The zero-order valence-corrected chi connectivity index (χ0v) is 18.3. The number of nitrogens with one attached hydrogen (secondary N) is 1. The van der Waals surface area contributed by atoms with Crippen molar-refractivity contribution < 1.29 is 19.1 Å². The molecule has 2 aliphatic heterocycles. The average molecular weight is 481 g/mol. The fourth-order valence-electron chi connectivity index (χ4n) is 3.31. The van der Waals surface area contributed by atoms with Crippen molar-refractivity contribution in [2.24, 2.45) is 0 Å². The van der Waals surface area contributed by atoms with Crippen LogP contribution in [0.2, 0.25) is 10.0 Å². The zero-order chi connectivity index (χ0) is 22.1. The van der Waals surface area contributed by atoms with Gasteiger partial charge in [0.15, 0.2) is 0 Å². The van der Waals surface area contributed by atoms with Crippen LogP contribution >= 0.6 is 34.8 Å². The van der Waals surface area contributed by atoms with E-state index >= 15 is 0 Å². The molecule has 1 saturated heterocycles. The molecule has 31 heavy (non-hydrogen) atoms. The number of morpholine rings is 1. The van der Waals surface area contributed by atoms with Gasteiger partial charge in [-0.25, -0.2) is 4.90 Å². The molecule has 0 atom stereocenters. The van der Waals surface area contributed by atoms with Crippen molar-refractivity contribution in [1.82, 2.24) is 4.90 Å². The number of anilines is 2. The molecule has 2 aromatic carbocycles. The lowest BCUT2D eigenvalue weighted by molar-refractivity contribution is -0.120. The Labute approximate surface area is 193 Å². The molecular formula is C21H16Cl3N3O4. The highest BCUT2D eigenvalue weighted by molar-refractivity contribution is 6.54. The fourth-order valence-corrected chi connectivity index (χ4v) is 3.89. The van der Waals surface area contributed by atoms with Gasteiger partial charge < -0.3 is 15.0 Å². The highest BCUT2D eigenvalue weighted by atomic mass is 35.5. The van der Waals surface area contributed by atoms with Crippen molar-refractivity contribution in [2.45, 2.75) is 0 Å². The molecule has 3 amide bonds. The third-order valence-electron chi connectivity index (χ3n) is 4.85. The Morgan fingerprint density at radius 1 is 0.968 bits per heavy atom. The van der Waals surface area contributed by atoms with Crippen molar-refractivity contribution >= 4 is 63.9 Å². The topological polar surface area (TPSA) is 79.0 Å². The number of amides is 3. The molecule has 1 N–H and O–H groups in total. The van der Waals surface area contributed by atoms with Crippen LogP contribution in [0.15, 0.2) is 53.2 Å². The van der Waals surface area contributed by atoms with Gasteiger partial charge in [-0.05, 0) is 36.4 Å². The summed E-state index contributed by atoms with van der Waals surface area (Å²) in [5, 5.41) is 3.07. The van der Waals surface area contributed by atoms with Crippen LogP contribution in [0.5, 0.6) is 0 Å². The SMILES string of the molecule is O=C(c1cccc(NC2=C(Cl)C(=O)N(c3cc(Cl)ccc3Cl)C2=O)c1)N1CCOCC1. The highest BCUT2D eigenvalue weighted by Gasteiger charge is 2.40. The number of ether oxygens (including phenoxy) is 1. The number of carbonyl (C=O) groups excluding carboxylic acids is 3. The lowest BCUT2D eigenvalue weighted by Crippen LogP contribution is -2.40. The Hall–Kier alpha value is -2.58. The van der Waals surface area contributed by atoms with Crippen molar-refractivity contribution in [3.63, 3.8) is 0 Å². The first-order valence-corrected chi connectivity index (χ1v) is 10.5. The monoisotopic (exact) mass is 479 g/mol. The third-order valence-corrected chi connectivity index (χ3v) is 5.76. The van der Waals surface area contributed by atoms with Crippen LogP contribution in [0, 0.1) is 0 Å². The molecule has 10 heteroatoms. The Balaban J connectivity index is 1.58. The van der Waals surface area contributed by atoms with E-state index in [0.29, 0.717) is 42.6 Å². The van der Waals surface area contributed by atoms with E-state index in [1.807, 2.05) is 0 Å². The van der Waals surface area contributed by atoms with Crippen LogP contribution in [0.3, 0.4) is 0 Å². The van der Waals surface area contributed by atoms with Gasteiger partial charge in [0.05, 0.1) is 23.9 Å². The maximum atomic E-state index is 13.0. The number of imide groups is 1. The molecule has 0 radical (unpaired) electrons. The van der Waals surface area contributed by atoms with Gasteiger partial charge in [0.2, 0.25) is 0 Å². The molecule has 4 rings (SSSR count). The van der Waals surface area contributed by atoms with Gasteiger partial charge in [-0.15, -0.1) is 0 Å². The Bertz CT molecular complexity index is 1110. The number of hydrogen-bond acceptors (Lipinski definition) is 5. The molecule has 160 valence electrons. The van der Waals surface area contributed by atoms with E-state index in [9.17, 15) is 14.4 Å². The van der Waals surface area contributed by atoms with Crippen LogP contribution in [0.4, 0.5) is 11.4 Å². The minimum absolute atomic E-state index is 0.112. The number of nitrogens with zero attached hydrogens (tertiary/aromatic N) is 2. The Morgan fingerprint density at radius 2 is 1.71 bits per heavy atom. The van der Waals surface area contributed by atoms with Gasteiger partial charge >= 0.3 is 0 Å². The Kier molecular flexibility index (Phi) is 6.20. The van der Waals surface area contributed by atoms with Crippen LogP contribution in [0.25, 0.3) is 0 Å². The van der Waals surface area contributed by atoms with E-state index in [1.165, 1.54) is 12.1 Å². The van der Waals surface area contributed by atoms with Crippen LogP contribution in [-0.2, 0) is 14.3 Å². The summed E-state index contributed by atoms with van der Waals surface area (Å²) < 4.78 is 5.28. The lowest BCUT2D eigenvalue weighted by Gasteiger charge is -2.27. The molecule has 7 nitrogen and oxygen atoms in total. The normalized spacial score (nSPS) is 16.9. The first-order chi connectivity index (χ1) is 14.9. The second-order valence-electron chi connectivity index (χ2n) is 6.84. The second kappa shape index (κ2) is 8.88. The van der Waals surface area contributed by atoms with Crippen molar-refractivity contribution in [3.8, 4) is 0 Å². The molecule has 1 fully saturated rings. The summed E-state index contributed by atoms with van der Waals surface area (Å²) in [6, 6.07) is 11.1. The summed E-state index contributed by atoms with van der Waals surface area (Å²) in [7, 11) is 0. The van der Waals surface area contributed by atoms with Crippen LogP contribution in [0.1, 0.15) is 10.4 Å². The van der Waals surface area contributed by atoms with E-state index in [0.717, 1.165) is 4.90 Å². The van der Waals surface area contributed by atoms with E-state index in [2.05, 4.69) is 5.32 Å². The van der Waals surface area contributed by atoms with Gasteiger partial charge in [-0.2, -0.15) is 0 Å². The predicted molar refractivity (Wildman–Crippen MR) is 119 cm³/mol. The van der Waals surface area contributed by atoms with E-state index in [1.54, 1.807) is 35.2 Å². The largest absolute Gasteiger partial charge is 0.378 e. The maximum absolute atomic E-state index is 13.0. The first-order valence-electron chi connectivity index (χ1n) is 9.34. The minimum Gasteiger partial charge on any atom is -0.378 e. The molecule has 0 spiro atoms. The average Bonchev–Trinajstić information content (AvgIpc) is 2.99. The lowest BCUT2D eigenvalue weighted by atomic mass is 10.1. The molecule has 2 heterocycles. The predicted octanol–water partition coefficient (Wildman–Crippen LogP) is 3.90. The Morgan fingerprint density at radius 3 is 2.45 bits per heavy atom. The van der Waals surface area contributed by atoms with Crippen LogP contribution in [-0.4, -0.2) is 48.9 Å². The zero-order valence-electron chi connectivity index (χ0n) is 16.0.